The van der Waals surface area contributed by atoms with E-state index in [2.05, 4.69) is 61.4 Å². The molecule has 47 heavy (non-hydrogen) atoms. The maximum Gasteiger partial charge on any atom is 0.303 e. The molecule has 4 aromatic carbocycles. The molecule has 246 valence electrons. The molecule has 0 bridgehead atoms. The third kappa shape index (κ3) is 8.93. The summed E-state index contributed by atoms with van der Waals surface area (Å²) in [6.07, 6.45) is -1.18. The molecule has 1 heterocycles. The number of carboxylic acids is 1. The quantitative estimate of drug-likeness (QED) is 0.148. The van der Waals surface area contributed by atoms with E-state index in [0.29, 0.717) is 13.1 Å². The number of ether oxygens (including phenoxy) is 2. The van der Waals surface area contributed by atoms with Gasteiger partial charge >= 0.3 is 5.97 Å². The van der Waals surface area contributed by atoms with Gasteiger partial charge in [0.15, 0.2) is 6.29 Å². The first-order valence-electron chi connectivity index (χ1n) is 16.2. The van der Waals surface area contributed by atoms with Crippen LogP contribution in [0.15, 0.2) is 103 Å². The van der Waals surface area contributed by atoms with Crippen molar-refractivity contribution >= 4 is 11.9 Å². The highest BCUT2D eigenvalue weighted by Crippen LogP contribution is 2.42. The van der Waals surface area contributed by atoms with Gasteiger partial charge in [-0.05, 0) is 59.5 Å². The summed E-state index contributed by atoms with van der Waals surface area (Å²) < 4.78 is 13.5. The largest absolute Gasteiger partial charge is 0.481 e. The van der Waals surface area contributed by atoms with Crippen molar-refractivity contribution in [3.05, 3.63) is 131 Å². The smallest absolute Gasteiger partial charge is 0.303 e. The zero-order valence-electron chi connectivity index (χ0n) is 27.2. The van der Waals surface area contributed by atoms with Gasteiger partial charge in [-0.25, -0.2) is 0 Å². The lowest BCUT2D eigenvalue weighted by atomic mass is 9.89. The number of carbonyl (C=O) groups excluding carboxylic acids is 1. The number of carboxylic acid groups (broad SMARTS) is 1. The highest BCUT2D eigenvalue weighted by atomic mass is 16.7. The molecule has 1 amide bonds. The summed E-state index contributed by atoms with van der Waals surface area (Å²) in [5.41, 5.74) is 6.94. The molecule has 0 unspecified atom stereocenters. The maximum atomic E-state index is 12.1. The molecule has 0 aromatic heterocycles. The van der Waals surface area contributed by atoms with Crippen molar-refractivity contribution in [2.24, 2.45) is 5.92 Å². The summed E-state index contributed by atoms with van der Waals surface area (Å²) in [6.45, 7) is 5.40. The van der Waals surface area contributed by atoms with Crippen LogP contribution in [-0.2, 0) is 32.2 Å². The number of aliphatic hydroxyl groups excluding tert-OH is 1. The van der Waals surface area contributed by atoms with Crippen LogP contribution in [0.1, 0.15) is 72.9 Å². The van der Waals surface area contributed by atoms with E-state index in [9.17, 15) is 14.7 Å². The minimum atomic E-state index is -0.992. The van der Waals surface area contributed by atoms with Crippen molar-refractivity contribution in [1.29, 1.82) is 0 Å². The van der Waals surface area contributed by atoms with Gasteiger partial charge in [0.25, 0.3) is 0 Å². The zero-order valence-corrected chi connectivity index (χ0v) is 27.2. The Hall–Kier alpha value is -4.34. The van der Waals surface area contributed by atoms with Gasteiger partial charge in [0.2, 0.25) is 5.91 Å². The van der Waals surface area contributed by atoms with Crippen LogP contribution in [-0.4, -0.2) is 46.7 Å². The fraction of sp³-hybridized carbons (Fsp3) is 0.333. The molecular weight excluding hydrogens is 592 g/mol. The Morgan fingerprint density at radius 1 is 0.830 bits per heavy atom. The fourth-order valence-corrected chi connectivity index (χ4v) is 5.99. The Morgan fingerprint density at radius 2 is 1.53 bits per heavy atom. The molecule has 0 radical (unpaired) electrons. The van der Waals surface area contributed by atoms with E-state index in [4.69, 9.17) is 14.6 Å². The van der Waals surface area contributed by atoms with Gasteiger partial charge in [-0.1, -0.05) is 97.9 Å². The Balaban J connectivity index is 1.37. The number of likely N-dealkylation sites (N-methyl/N-ethyl adjacent to an activating group) is 1. The summed E-state index contributed by atoms with van der Waals surface area (Å²) in [5.74, 6) is -1.23. The van der Waals surface area contributed by atoms with Gasteiger partial charge in [-0.2, -0.15) is 0 Å². The summed E-state index contributed by atoms with van der Waals surface area (Å²) >= 11 is 0. The summed E-state index contributed by atoms with van der Waals surface area (Å²) in [4.78, 5) is 25.2. The number of amides is 1. The third-order valence-electron chi connectivity index (χ3n) is 9.01. The summed E-state index contributed by atoms with van der Waals surface area (Å²) in [7, 11) is 2.13. The molecule has 0 spiro atoms. The van der Waals surface area contributed by atoms with Crippen LogP contribution in [0.4, 0.5) is 0 Å². The second kappa shape index (κ2) is 16.0. The van der Waals surface area contributed by atoms with Crippen LogP contribution in [0, 0.1) is 5.92 Å². The molecule has 1 fully saturated rings. The van der Waals surface area contributed by atoms with E-state index in [1.807, 2.05) is 72.8 Å². The van der Waals surface area contributed by atoms with Crippen molar-refractivity contribution in [3.8, 4) is 11.1 Å². The van der Waals surface area contributed by atoms with E-state index in [0.717, 1.165) is 33.4 Å². The molecular formula is C39H44N2O6. The lowest BCUT2D eigenvalue weighted by Gasteiger charge is -2.43. The van der Waals surface area contributed by atoms with Crippen LogP contribution in [0.2, 0.25) is 0 Å². The van der Waals surface area contributed by atoms with Gasteiger partial charge < -0.3 is 25.0 Å². The van der Waals surface area contributed by atoms with Crippen molar-refractivity contribution in [3.63, 3.8) is 0 Å². The van der Waals surface area contributed by atoms with Gasteiger partial charge in [0, 0.05) is 37.0 Å². The van der Waals surface area contributed by atoms with E-state index < -0.39 is 12.3 Å². The summed E-state index contributed by atoms with van der Waals surface area (Å²) in [6, 6.07) is 34.7. The van der Waals surface area contributed by atoms with E-state index in [1.54, 1.807) is 0 Å². The lowest BCUT2D eigenvalue weighted by Crippen LogP contribution is -2.44. The molecule has 1 aliphatic rings. The Bertz CT molecular complexity index is 1630. The monoisotopic (exact) mass is 636 g/mol. The minimum absolute atomic E-state index is 0.0109. The molecule has 0 aliphatic carbocycles. The Morgan fingerprint density at radius 3 is 2.23 bits per heavy atom. The summed E-state index contributed by atoms with van der Waals surface area (Å²) in [5, 5.41) is 21.3. The number of nitrogens with one attached hydrogen (secondary N) is 1. The second-order valence-corrected chi connectivity index (χ2v) is 12.3. The average Bonchev–Trinajstić information content (AvgIpc) is 3.11. The second-order valence-electron chi connectivity index (χ2n) is 12.3. The van der Waals surface area contributed by atoms with Crippen LogP contribution in [0.25, 0.3) is 11.1 Å². The molecule has 0 saturated carbocycles. The first kappa shape index (κ1) is 34.0. The number of rotatable bonds is 13. The van der Waals surface area contributed by atoms with Crippen LogP contribution >= 0.6 is 0 Å². The Kier molecular flexibility index (Phi) is 11.6. The number of aliphatic carboxylic acids is 1. The predicted molar refractivity (Wildman–Crippen MR) is 181 cm³/mol. The lowest BCUT2D eigenvalue weighted by molar-refractivity contribution is -0.276. The van der Waals surface area contributed by atoms with Crippen molar-refractivity contribution in [2.45, 2.75) is 64.4 Å². The van der Waals surface area contributed by atoms with Crippen molar-refractivity contribution in [2.75, 3.05) is 13.6 Å². The van der Waals surface area contributed by atoms with E-state index in [-0.39, 0.29) is 49.5 Å². The van der Waals surface area contributed by atoms with Gasteiger partial charge in [-0.15, -0.1) is 0 Å². The topological polar surface area (TPSA) is 108 Å². The first-order chi connectivity index (χ1) is 22.7. The normalized spacial score (nSPS) is 20.1. The number of nitrogens with zero attached hydrogens (tertiary/aromatic N) is 1. The highest BCUT2D eigenvalue weighted by molar-refractivity contribution is 5.80. The van der Waals surface area contributed by atoms with E-state index in [1.165, 1.54) is 5.56 Å². The van der Waals surface area contributed by atoms with Crippen LogP contribution in [0.5, 0.6) is 0 Å². The van der Waals surface area contributed by atoms with E-state index >= 15 is 0 Å². The van der Waals surface area contributed by atoms with Crippen molar-refractivity contribution in [1.82, 2.24) is 10.2 Å². The van der Waals surface area contributed by atoms with Crippen molar-refractivity contribution < 1.29 is 29.3 Å². The molecule has 8 heteroatoms. The fourth-order valence-electron chi connectivity index (χ4n) is 5.99. The highest BCUT2D eigenvalue weighted by Gasteiger charge is 2.39. The first-order valence-corrected chi connectivity index (χ1v) is 16.2. The van der Waals surface area contributed by atoms with Gasteiger partial charge in [0.05, 0.1) is 25.2 Å². The Labute approximate surface area is 277 Å². The number of aliphatic hydroxyl groups is 1. The maximum absolute atomic E-state index is 12.1. The standard InChI is InChI=1S/C39H44N2O6/c1-26-35(24-41(3)27(2)30-10-5-4-6-11-30)46-39(47-38(26)31-17-15-28(25-42)16-18-31)34-14-8-13-33(22-34)32-12-7-9-29(21-32)23-40-36(43)19-20-37(44)45/h4-18,21-22,26-27,35,38-39,42H,19-20,23-25H2,1-3H3,(H,40,43)(H,44,45)/t26-,27-,35+,38+,39+/m0/s1. The minimum Gasteiger partial charge on any atom is -0.481 e. The number of carbonyl (C=O) groups is 2. The molecule has 1 aliphatic heterocycles. The van der Waals surface area contributed by atoms with Gasteiger partial charge in [0.1, 0.15) is 0 Å². The zero-order chi connectivity index (χ0) is 33.3. The van der Waals surface area contributed by atoms with Gasteiger partial charge in [-0.3, -0.25) is 14.5 Å². The predicted octanol–water partition coefficient (Wildman–Crippen LogP) is 6.81. The number of hydrogen-bond donors (Lipinski definition) is 3. The number of hydrogen-bond acceptors (Lipinski definition) is 6. The third-order valence-corrected chi connectivity index (χ3v) is 9.01. The molecule has 8 nitrogen and oxygen atoms in total. The molecule has 5 rings (SSSR count). The van der Waals surface area contributed by atoms with Crippen LogP contribution < -0.4 is 5.32 Å². The molecule has 1 saturated heterocycles. The molecule has 5 atom stereocenters. The van der Waals surface area contributed by atoms with Crippen LogP contribution in [0.3, 0.4) is 0 Å². The average molecular weight is 637 g/mol. The molecule has 3 N–H and O–H groups in total. The molecule has 4 aromatic rings. The number of benzene rings is 4. The SMILES string of the molecule is C[C@H]1[C@@H](CN(C)[C@@H](C)c2ccccc2)O[C@@H](c2cccc(-c3cccc(CNC(=O)CCC(=O)O)c3)c2)O[C@H]1c1ccc(CO)cc1.